The third-order valence-corrected chi connectivity index (χ3v) is 6.53. The van der Waals surface area contributed by atoms with Gasteiger partial charge in [0.05, 0.1) is 34.5 Å². The van der Waals surface area contributed by atoms with E-state index in [0.717, 1.165) is 24.1 Å². The van der Waals surface area contributed by atoms with E-state index in [9.17, 15) is 0 Å². The molecule has 172 valence electrons. The van der Waals surface area contributed by atoms with Crippen molar-refractivity contribution in [3.8, 4) is 22.9 Å². The molecule has 0 spiro atoms. The second-order valence-corrected chi connectivity index (χ2v) is 9.09. The third-order valence-electron chi connectivity index (χ3n) is 5.90. The molecule has 1 N–H and O–H groups in total. The number of hydroxylamine groups is 1. The topological polar surface area (TPSA) is 78.6 Å². The largest absolute Gasteiger partial charge is 0.493 e. The van der Waals surface area contributed by atoms with E-state index in [1.807, 2.05) is 31.2 Å². The smallest absolute Gasteiger partial charge is 0.265 e. The number of nitrogens with one attached hydrogen (secondary N) is 1. The number of methoxy groups -OCH3 is 1. The standard InChI is InChI=1S/C24H23Cl2N3O4/c1-24(23-27-22(29-32-23)21-16(25)8-5-9-17(21)26)13-18(28-33-24)14-10-11-19(30-2)20(12-14)31-15-6-3-4-7-15/h5,8-13,15,28H,3-4,6-7H2,1-2H3. The molecule has 5 rings (SSSR count). The van der Waals surface area contributed by atoms with Crippen LogP contribution in [-0.2, 0) is 10.4 Å². The molecule has 1 aliphatic heterocycles. The van der Waals surface area contributed by atoms with Gasteiger partial charge in [-0.1, -0.05) is 34.4 Å². The number of aromatic nitrogens is 2. The summed E-state index contributed by atoms with van der Waals surface area (Å²) in [5, 5.41) is 4.94. The molecule has 2 aromatic carbocycles. The fraction of sp³-hybridized carbons (Fsp3) is 0.333. The molecule has 2 heterocycles. The summed E-state index contributed by atoms with van der Waals surface area (Å²) in [5.74, 6) is 1.98. The van der Waals surface area contributed by atoms with Crippen molar-refractivity contribution < 1.29 is 18.8 Å². The molecule has 33 heavy (non-hydrogen) atoms. The molecule has 1 atom stereocenters. The first-order valence-electron chi connectivity index (χ1n) is 10.8. The number of hydrogen-bond donors (Lipinski definition) is 1. The van der Waals surface area contributed by atoms with Crippen molar-refractivity contribution in [1.82, 2.24) is 15.6 Å². The van der Waals surface area contributed by atoms with E-state index < -0.39 is 5.60 Å². The SMILES string of the molecule is COc1ccc(C2=CC(C)(c3nc(-c4c(Cl)cccc4Cl)no3)ON2)cc1OC1CCCC1. The highest BCUT2D eigenvalue weighted by Crippen LogP contribution is 2.39. The van der Waals surface area contributed by atoms with Gasteiger partial charge in [0.25, 0.3) is 5.89 Å². The van der Waals surface area contributed by atoms with Gasteiger partial charge < -0.3 is 14.0 Å². The Kier molecular flexibility index (Phi) is 5.95. The second-order valence-electron chi connectivity index (χ2n) is 8.28. The number of nitrogens with zero attached hydrogens (tertiary/aromatic N) is 2. The second kappa shape index (κ2) is 8.89. The maximum absolute atomic E-state index is 6.29. The van der Waals surface area contributed by atoms with Gasteiger partial charge in [-0.2, -0.15) is 4.98 Å². The number of ether oxygens (including phenoxy) is 2. The van der Waals surface area contributed by atoms with Gasteiger partial charge in [-0.25, -0.2) is 0 Å². The summed E-state index contributed by atoms with van der Waals surface area (Å²) < 4.78 is 17.2. The van der Waals surface area contributed by atoms with Crippen LogP contribution in [0.1, 0.15) is 44.1 Å². The van der Waals surface area contributed by atoms with Gasteiger partial charge >= 0.3 is 0 Å². The first kappa shape index (κ1) is 22.1. The van der Waals surface area contributed by atoms with Crippen LogP contribution < -0.4 is 15.0 Å². The summed E-state index contributed by atoms with van der Waals surface area (Å²) in [4.78, 5) is 10.4. The lowest BCUT2D eigenvalue weighted by Crippen LogP contribution is -2.23. The minimum absolute atomic E-state index is 0.217. The molecule has 0 saturated heterocycles. The average molecular weight is 488 g/mol. The van der Waals surface area contributed by atoms with Crippen LogP contribution >= 0.6 is 23.2 Å². The molecule has 0 amide bonds. The third kappa shape index (κ3) is 4.28. The molecule has 1 saturated carbocycles. The summed E-state index contributed by atoms with van der Waals surface area (Å²) in [6.45, 7) is 1.83. The van der Waals surface area contributed by atoms with Crippen LogP contribution in [0.15, 0.2) is 47.0 Å². The van der Waals surface area contributed by atoms with Crippen molar-refractivity contribution in [2.24, 2.45) is 0 Å². The highest BCUT2D eigenvalue weighted by molar-refractivity contribution is 6.38. The summed E-state index contributed by atoms with van der Waals surface area (Å²) >= 11 is 12.6. The van der Waals surface area contributed by atoms with Gasteiger partial charge in [-0.15, -0.1) is 0 Å². The summed E-state index contributed by atoms with van der Waals surface area (Å²) in [5.41, 5.74) is 4.15. The predicted octanol–water partition coefficient (Wildman–Crippen LogP) is 6.16. The van der Waals surface area contributed by atoms with Crippen molar-refractivity contribution in [2.75, 3.05) is 7.11 Å². The maximum atomic E-state index is 6.29. The van der Waals surface area contributed by atoms with E-state index in [0.29, 0.717) is 32.9 Å². The lowest BCUT2D eigenvalue weighted by Gasteiger charge is -2.17. The van der Waals surface area contributed by atoms with Gasteiger partial charge in [0.1, 0.15) is 0 Å². The zero-order valence-electron chi connectivity index (χ0n) is 18.2. The lowest BCUT2D eigenvalue weighted by molar-refractivity contribution is -0.0445. The molecule has 0 radical (unpaired) electrons. The van der Waals surface area contributed by atoms with Gasteiger partial charge in [0.15, 0.2) is 17.1 Å². The van der Waals surface area contributed by atoms with Crippen LogP contribution in [-0.4, -0.2) is 23.4 Å². The average Bonchev–Trinajstić information content (AvgIpc) is 3.56. The Morgan fingerprint density at radius 1 is 1.09 bits per heavy atom. The van der Waals surface area contributed by atoms with Crippen LogP contribution in [0.3, 0.4) is 0 Å². The normalized spacial score (nSPS) is 20.5. The van der Waals surface area contributed by atoms with E-state index in [4.69, 9.17) is 42.0 Å². The Bertz CT molecular complexity index is 1190. The highest BCUT2D eigenvalue weighted by Gasteiger charge is 2.39. The quantitative estimate of drug-likeness (QED) is 0.445. The number of rotatable bonds is 6. The fourth-order valence-electron chi connectivity index (χ4n) is 4.10. The highest BCUT2D eigenvalue weighted by atomic mass is 35.5. The Hall–Kier alpha value is -2.74. The molecule has 1 fully saturated rings. The van der Waals surface area contributed by atoms with Crippen molar-refractivity contribution in [2.45, 2.75) is 44.3 Å². The molecule has 3 aromatic rings. The molecule has 1 aliphatic carbocycles. The van der Waals surface area contributed by atoms with E-state index in [-0.39, 0.29) is 12.0 Å². The summed E-state index contributed by atoms with van der Waals surface area (Å²) in [6, 6.07) is 11.0. The fourth-order valence-corrected chi connectivity index (χ4v) is 4.67. The lowest BCUT2D eigenvalue weighted by atomic mass is 10.0. The molecular weight excluding hydrogens is 465 g/mol. The van der Waals surface area contributed by atoms with Gasteiger partial charge in [0, 0.05) is 5.56 Å². The van der Waals surface area contributed by atoms with Gasteiger partial charge in [-0.05, 0) is 69.0 Å². The van der Waals surface area contributed by atoms with Crippen LogP contribution in [0.4, 0.5) is 0 Å². The van der Waals surface area contributed by atoms with Gasteiger partial charge in [-0.3, -0.25) is 10.3 Å². The zero-order valence-corrected chi connectivity index (χ0v) is 19.7. The minimum atomic E-state index is -0.985. The van der Waals surface area contributed by atoms with Crippen molar-refractivity contribution in [1.29, 1.82) is 0 Å². The Balaban J connectivity index is 1.43. The first-order valence-corrected chi connectivity index (χ1v) is 11.5. The van der Waals surface area contributed by atoms with Crippen molar-refractivity contribution in [3.63, 3.8) is 0 Å². The Morgan fingerprint density at radius 3 is 2.58 bits per heavy atom. The van der Waals surface area contributed by atoms with Crippen LogP contribution in [0.25, 0.3) is 17.1 Å². The van der Waals surface area contributed by atoms with E-state index in [1.54, 1.807) is 25.3 Å². The molecule has 1 aromatic heterocycles. The van der Waals surface area contributed by atoms with Crippen LogP contribution in [0.5, 0.6) is 11.5 Å². The molecule has 2 aliphatic rings. The minimum Gasteiger partial charge on any atom is -0.493 e. The monoisotopic (exact) mass is 487 g/mol. The van der Waals surface area contributed by atoms with Gasteiger partial charge in [0.2, 0.25) is 5.82 Å². The Labute approximate surface area is 201 Å². The molecule has 7 nitrogen and oxygen atoms in total. The van der Waals surface area contributed by atoms with E-state index in [2.05, 4.69) is 15.6 Å². The Morgan fingerprint density at radius 2 is 1.85 bits per heavy atom. The van der Waals surface area contributed by atoms with Crippen LogP contribution in [0, 0.1) is 0 Å². The number of benzene rings is 2. The van der Waals surface area contributed by atoms with Crippen molar-refractivity contribution in [3.05, 3.63) is 64.0 Å². The van der Waals surface area contributed by atoms with E-state index in [1.165, 1.54) is 12.8 Å². The molecule has 0 bridgehead atoms. The molecular formula is C24H23Cl2N3O4. The predicted molar refractivity (Wildman–Crippen MR) is 125 cm³/mol. The molecule has 9 heteroatoms. The first-order chi connectivity index (χ1) is 16.0. The number of halogens is 2. The summed E-state index contributed by atoms with van der Waals surface area (Å²) in [6.07, 6.45) is 6.61. The molecule has 1 unspecified atom stereocenters. The van der Waals surface area contributed by atoms with E-state index >= 15 is 0 Å². The zero-order chi connectivity index (χ0) is 23.0. The summed E-state index contributed by atoms with van der Waals surface area (Å²) in [7, 11) is 1.64. The number of hydrogen-bond acceptors (Lipinski definition) is 7. The van der Waals surface area contributed by atoms with Crippen LogP contribution in [0.2, 0.25) is 10.0 Å². The maximum Gasteiger partial charge on any atom is 0.265 e. The van der Waals surface area contributed by atoms with Crippen molar-refractivity contribution >= 4 is 28.9 Å².